The molecule has 2 heteroatoms. The maximum atomic E-state index is 12.7. The minimum atomic E-state index is 0.183. The molecule has 1 fully saturated rings. The third-order valence-corrected chi connectivity index (χ3v) is 5.35. The molecule has 0 atom stereocenters. The fourth-order valence-corrected chi connectivity index (χ4v) is 3.71. The summed E-state index contributed by atoms with van der Waals surface area (Å²) in [7, 11) is 0. The lowest BCUT2D eigenvalue weighted by molar-refractivity contribution is 0.0869. The lowest BCUT2D eigenvalue weighted by Gasteiger charge is -2.28. The van der Waals surface area contributed by atoms with Gasteiger partial charge in [-0.15, -0.1) is 0 Å². The van der Waals surface area contributed by atoms with Crippen LogP contribution >= 0.6 is 11.6 Å². The number of benzene rings is 1. The van der Waals surface area contributed by atoms with E-state index < -0.39 is 0 Å². The number of carbonyl (C=O) groups is 1. The third kappa shape index (κ3) is 4.10. The number of rotatable bonds is 5. The number of halogens is 1. The van der Waals surface area contributed by atoms with Gasteiger partial charge in [0, 0.05) is 11.5 Å². The van der Waals surface area contributed by atoms with Crippen LogP contribution in [0.15, 0.2) is 12.1 Å². The summed E-state index contributed by atoms with van der Waals surface area (Å²) in [6, 6.07) is 3.90. The van der Waals surface area contributed by atoms with Crippen molar-refractivity contribution < 1.29 is 4.79 Å². The van der Waals surface area contributed by atoms with E-state index in [1.807, 2.05) is 26.0 Å². The zero-order chi connectivity index (χ0) is 15.4. The van der Waals surface area contributed by atoms with Gasteiger partial charge in [-0.25, -0.2) is 0 Å². The van der Waals surface area contributed by atoms with Crippen LogP contribution in [0.1, 0.15) is 73.4 Å². The van der Waals surface area contributed by atoms with Crippen molar-refractivity contribution in [3.63, 3.8) is 0 Å². The lowest BCUT2D eigenvalue weighted by Crippen LogP contribution is -2.22. The molecule has 0 amide bonds. The Morgan fingerprint density at radius 3 is 2.38 bits per heavy atom. The van der Waals surface area contributed by atoms with Crippen molar-refractivity contribution in [2.75, 3.05) is 0 Å². The van der Waals surface area contributed by atoms with Gasteiger partial charge in [-0.05, 0) is 68.7 Å². The topological polar surface area (TPSA) is 17.1 Å². The van der Waals surface area contributed by atoms with E-state index in [9.17, 15) is 4.79 Å². The summed E-state index contributed by atoms with van der Waals surface area (Å²) < 4.78 is 0. The number of unbranched alkanes of at least 4 members (excludes halogenated alkanes) is 1. The van der Waals surface area contributed by atoms with Crippen molar-refractivity contribution in [2.45, 2.75) is 65.7 Å². The summed E-state index contributed by atoms with van der Waals surface area (Å²) in [5.41, 5.74) is 3.04. The van der Waals surface area contributed by atoms with E-state index in [-0.39, 0.29) is 11.7 Å². The first kappa shape index (κ1) is 16.5. The van der Waals surface area contributed by atoms with Crippen molar-refractivity contribution in [3.8, 4) is 0 Å². The van der Waals surface area contributed by atoms with Gasteiger partial charge in [0.2, 0.25) is 0 Å². The Kier molecular flexibility index (Phi) is 5.87. The Labute approximate surface area is 134 Å². The molecule has 0 spiro atoms. The molecule has 0 aromatic heterocycles. The van der Waals surface area contributed by atoms with Crippen LogP contribution in [-0.4, -0.2) is 5.78 Å². The minimum Gasteiger partial charge on any atom is -0.294 e. The molecule has 1 nitrogen and oxygen atoms in total. The molecule has 0 unspecified atom stereocenters. The molecule has 0 heterocycles. The van der Waals surface area contributed by atoms with E-state index in [1.165, 1.54) is 32.1 Å². The van der Waals surface area contributed by atoms with Crippen molar-refractivity contribution in [1.29, 1.82) is 0 Å². The second-order valence-electron chi connectivity index (χ2n) is 6.64. The van der Waals surface area contributed by atoms with E-state index >= 15 is 0 Å². The maximum Gasteiger partial charge on any atom is 0.167 e. The number of hydrogen-bond acceptors (Lipinski definition) is 1. The van der Waals surface area contributed by atoms with Crippen molar-refractivity contribution in [2.24, 2.45) is 11.8 Å². The highest BCUT2D eigenvalue weighted by Crippen LogP contribution is 2.35. The predicted octanol–water partition coefficient (Wildman–Crippen LogP) is 6.14. The summed E-state index contributed by atoms with van der Waals surface area (Å²) in [6.07, 6.45) is 8.43. The predicted molar refractivity (Wildman–Crippen MR) is 90.2 cm³/mol. The number of aryl methyl sites for hydroxylation is 2. The van der Waals surface area contributed by atoms with E-state index in [0.717, 1.165) is 35.4 Å². The largest absolute Gasteiger partial charge is 0.294 e. The molecule has 2 rings (SSSR count). The van der Waals surface area contributed by atoms with Crippen molar-refractivity contribution in [1.82, 2.24) is 0 Å². The molecule has 1 aliphatic carbocycles. The van der Waals surface area contributed by atoms with Gasteiger partial charge in [-0.1, -0.05) is 37.8 Å². The molecule has 1 aliphatic rings. The first-order chi connectivity index (χ1) is 10.0. The number of hydrogen-bond donors (Lipinski definition) is 0. The monoisotopic (exact) mass is 306 g/mol. The van der Waals surface area contributed by atoms with Crippen LogP contribution in [0, 0.1) is 25.7 Å². The molecule has 1 aromatic carbocycles. The van der Waals surface area contributed by atoms with Crippen molar-refractivity contribution >= 4 is 17.4 Å². The smallest absolute Gasteiger partial charge is 0.167 e. The highest BCUT2D eigenvalue weighted by Gasteiger charge is 2.28. The number of ketones is 1. The quantitative estimate of drug-likeness (QED) is 0.597. The van der Waals surface area contributed by atoms with Crippen LogP contribution in [0.2, 0.25) is 5.02 Å². The molecule has 1 saturated carbocycles. The van der Waals surface area contributed by atoms with Crippen molar-refractivity contribution in [3.05, 3.63) is 33.8 Å². The van der Waals surface area contributed by atoms with E-state index in [2.05, 4.69) is 6.92 Å². The van der Waals surface area contributed by atoms with Crippen LogP contribution in [0.25, 0.3) is 0 Å². The van der Waals surface area contributed by atoms with Gasteiger partial charge >= 0.3 is 0 Å². The molecule has 0 bridgehead atoms. The van der Waals surface area contributed by atoms with Gasteiger partial charge in [0.1, 0.15) is 0 Å². The molecule has 0 radical (unpaired) electrons. The fourth-order valence-electron chi connectivity index (χ4n) is 3.40. The molecule has 1 aromatic rings. The second-order valence-corrected chi connectivity index (χ2v) is 7.05. The van der Waals surface area contributed by atoms with E-state index in [0.29, 0.717) is 5.02 Å². The molecule has 0 N–H and O–H groups in total. The van der Waals surface area contributed by atoms with Gasteiger partial charge in [0.05, 0.1) is 5.02 Å². The molecule has 116 valence electrons. The first-order valence-electron chi connectivity index (χ1n) is 8.33. The second kappa shape index (κ2) is 7.45. The van der Waals surface area contributed by atoms with Gasteiger partial charge < -0.3 is 0 Å². The van der Waals surface area contributed by atoms with Gasteiger partial charge in [0.25, 0.3) is 0 Å². The highest BCUT2D eigenvalue weighted by atomic mass is 35.5. The first-order valence-corrected chi connectivity index (χ1v) is 8.71. The standard InChI is InChI=1S/C19H27ClO/c1-4-5-6-15-7-9-16(10-8-15)19(21)17-11-13(2)14(3)12-18(17)20/h11-12,15-16H,4-10H2,1-3H3. The number of carbonyl (C=O) groups excluding carboxylic acids is 1. The van der Waals surface area contributed by atoms with E-state index in [4.69, 9.17) is 11.6 Å². The Morgan fingerprint density at radius 2 is 1.76 bits per heavy atom. The highest BCUT2D eigenvalue weighted by molar-refractivity contribution is 6.34. The average molecular weight is 307 g/mol. The minimum absolute atomic E-state index is 0.183. The summed E-state index contributed by atoms with van der Waals surface area (Å²) in [5.74, 6) is 1.28. The van der Waals surface area contributed by atoms with Crippen LogP contribution in [0.5, 0.6) is 0 Å². The average Bonchev–Trinajstić information content (AvgIpc) is 2.48. The van der Waals surface area contributed by atoms with Crippen LogP contribution in [0.3, 0.4) is 0 Å². The maximum absolute atomic E-state index is 12.7. The number of Topliss-reactive ketones (excluding diaryl/α,β-unsaturated/α-hetero) is 1. The Balaban J connectivity index is 2.00. The zero-order valence-corrected chi connectivity index (χ0v) is 14.3. The van der Waals surface area contributed by atoms with Crippen LogP contribution in [0.4, 0.5) is 0 Å². The molecule has 0 saturated heterocycles. The van der Waals surface area contributed by atoms with Gasteiger partial charge in [-0.2, -0.15) is 0 Å². The van der Waals surface area contributed by atoms with Gasteiger partial charge in [0.15, 0.2) is 5.78 Å². The summed E-state index contributed by atoms with van der Waals surface area (Å²) in [4.78, 5) is 12.7. The lowest BCUT2D eigenvalue weighted by atomic mass is 9.77. The normalized spacial score (nSPS) is 22.3. The third-order valence-electron chi connectivity index (χ3n) is 5.03. The Bertz CT molecular complexity index is 499. The summed E-state index contributed by atoms with van der Waals surface area (Å²) in [6.45, 7) is 6.33. The fraction of sp³-hybridized carbons (Fsp3) is 0.632. The van der Waals surface area contributed by atoms with Crippen LogP contribution < -0.4 is 0 Å². The van der Waals surface area contributed by atoms with Crippen LogP contribution in [-0.2, 0) is 0 Å². The molecular weight excluding hydrogens is 280 g/mol. The molecule has 21 heavy (non-hydrogen) atoms. The summed E-state index contributed by atoms with van der Waals surface area (Å²) in [5, 5.41) is 0.621. The Morgan fingerprint density at radius 1 is 1.14 bits per heavy atom. The Hall–Kier alpha value is -0.820. The molecule has 0 aliphatic heterocycles. The summed E-state index contributed by atoms with van der Waals surface area (Å²) >= 11 is 6.29. The zero-order valence-electron chi connectivity index (χ0n) is 13.5. The molecular formula is C19H27ClO. The van der Waals surface area contributed by atoms with Gasteiger partial charge in [-0.3, -0.25) is 4.79 Å². The SMILES string of the molecule is CCCCC1CCC(C(=O)c2cc(C)c(C)cc2Cl)CC1. The van der Waals surface area contributed by atoms with E-state index in [1.54, 1.807) is 0 Å².